The van der Waals surface area contributed by atoms with Crippen LogP contribution in [0.4, 0.5) is 0 Å². The quantitative estimate of drug-likeness (QED) is 0.851. The van der Waals surface area contributed by atoms with Gasteiger partial charge in [-0.1, -0.05) is 30.3 Å². The Balaban J connectivity index is 1.80. The zero-order valence-corrected chi connectivity index (χ0v) is 10.0. The Bertz CT molecular complexity index is 428. The topological polar surface area (TPSA) is 37.8 Å². The molecule has 1 aromatic heterocycles. The molecule has 1 aromatic carbocycles. The highest BCUT2D eigenvalue weighted by molar-refractivity contribution is 5.14. The summed E-state index contributed by atoms with van der Waals surface area (Å²) in [4.78, 5) is 8.45. The molecular weight excluding hydrogens is 210 g/mol. The lowest BCUT2D eigenvalue weighted by molar-refractivity contribution is 0.534. The molecule has 0 aliphatic carbocycles. The number of benzene rings is 1. The van der Waals surface area contributed by atoms with E-state index in [0.29, 0.717) is 6.04 Å². The van der Waals surface area contributed by atoms with Gasteiger partial charge in [-0.3, -0.25) is 0 Å². The van der Waals surface area contributed by atoms with Gasteiger partial charge in [0, 0.05) is 31.4 Å². The molecule has 0 spiro atoms. The van der Waals surface area contributed by atoms with E-state index in [0.717, 1.165) is 18.8 Å². The normalized spacial score (nSPS) is 12.3. The third-order valence-electron chi connectivity index (χ3n) is 2.61. The SMILES string of the molecule is CC(Cc1ncccn1)NCc1ccccc1. The summed E-state index contributed by atoms with van der Waals surface area (Å²) in [6.07, 6.45) is 4.42. The lowest BCUT2D eigenvalue weighted by Crippen LogP contribution is -2.28. The van der Waals surface area contributed by atoms with Gasteiger partial charge in [0.25, 0.3) is 0 Å². The second-order valence-electron chi connectivity index (χ2n) is 4.14. The van der Waals surface area contributed by atoms with Gasteiger partial charge >= 0.3 is 0 Å². The maximum absolute atomic E-state index is 4.22. The molecule has 88 valence electrons. The molecule has 2 aromatic rings. The first-order valence-corrected chi connectivity index (χ1v) is 5.88. The smallest absolute Gasteiger partial charge is 0.129 e. The first-order chi connectivity index (χ1) is 8.34. The van der Waals surface area contributed by atoms with Crippen LogP contribution in [0.2, 0.25) is 0 Å². The van der Waals surface area contributed by atoms with Crippen molar-refractivity contribution in [3.8, 4) is 0 Å². The molecule has 0 bridgehead atoms. The van der Waals surface area contributed by atoms with Crippen LogP contribution >= 0.6 is 0 Å². The monoisotopic (exact) mass is 227 g/mol. The first-order valence-electron chi connectivity index (χ1n) is 5.88. The fraction of sp³-hybridized carbons (Fsp3) is 0.286. The van der Waals surface area contributed by atoms with Crippen molar-refractivity contribution in [2.45, 2.75) is 25.9 Å². The molecule has 1 N–H and O–H groups in total. The van der Waals surface area contributed by atoms with E-state index in [1.165, 1.54) is 5.56 Å². The highest BCUT2D eigenvalue weighted by Crippen LogP contribution is 2.00. The van der Waals surface area contributed by atoms with Crippen LogP contribution < -0.4 is 5.32 Å². The molecule has 2 rings (SSSR count). The lowest BCUT2D eigenvalue weighted by atomic mass is 10.2. The molecule has 0 radical (unpaired) electrons. The second-order valence-corrected chi connectivity index (χ2v) is 4.14. The van der Waals surface area contributed by atoms with E-state index in [1.54, 1.807) is 12.4 Å². The summed E-state index contributed by atoms with van der Waals surface area (Å²) in [7, 11) is 0. The van der Waals surface area contributed by atoms with Gasteiger partial charge in [-0.05, 0) is 18.6 Å². The largest absolute Gasteiger partial charge is 0.310 e. The van der Waals surface area contributed by atoms with Crippen LogP contribution in [0.3, 0.4) is 0 Å². The summed E-state index contributed by atoms with van der Waals surface area (Å²) >= 11 is 0. The van der Waals surface area contributed by atoms with Gasteiger partial charge in [-0.15, -0.1) is 0 Å². The molecule has 0 saturated carbocycles. The highest BCUT2D eigenvalue weighted by atomic mass is 14.9. The minimum atomic E-state index is 0.373. The van der Waals surface area contributed by atoms with Crippen LogP contribution in [0.5, 0.6) is 0 Å². The van der Waals surface area contributed by atoms with Gasteiger partial charge in [0.15, 0.2) is 0 Å². The van der Waals surface area contributed by atoms with Crippen LogP contribution in [0.25, 0.3) is 0 Å². The van der Waals surface area contributed by atoms with E-state index in [2.05, 4.69) is 46.5 Å². The first kappa shape index (κ1) is 11.7. The minimum Gasteiger partial charge on any atom is -0.310 e. The molecule has 1 heterocycles. The summed E-state index contributed by atoms with van der Waals surface area (Å²) in [5, 5.41) is 3.47. The number of nitrogens with zero attached hydrogens (tertiary/aromatic N) is 2. The molecule has 3 nitrogen and oxygen atoms in total. The fourth-order valence-electron chi connectivity index (χ4n) is 1.67. The van der Waals surface area contributed by atoms with Crippen molar-refractivity contribution in [1.82, 2.24) is 15.3 Å². The van der Waals surface area contributed by atoms with Crippen molar-refractivity contribution in [3.05, 3.63) is 60.2 Å². The predicted octanol–water partition coefficient (Wildman–Crippen LogP) is 2.20. The Morgan fingerprint density at radius 3 is 2.47 bits per heavy atom. The van der Waals surface area contributed by atoms with Gasteiger partial charge in [0.2, 0.25) is 0 Å². The molecule has 17 heavy (non-hydrogen) atoms. The van der Waals surface area contributed by atoms with Crippen LogP contribution in [0.1, 0.15) is 18.3 Å². The number of hydrogen-bond donors (Lipinski definition) is 1. The highest BCUT2D eigenvalue weighted by Gasteiger charge is 2.04. The van der Waals surface area contributed by atoms with Crippen molar-refractivity contribution in [2.75, 3.05) is 0 Å². The molecule has 0 aliphatic heterocycles. The predicted molar refractivity (Wildman–Crippen MR) is 68.5 cm³/mol. The zero-order chi connectivity index (χ0) is 11.9. The Hall–Kier alpha value is -1.74. The molecule has 1 unspecified atom stereocenters. The van der Waals surface area contributed by atoms with Gasteiger partial charge in [0.05, 0.1) is 0 Å². The maximum atomic E-state index is 4.22. The summed E-state index contributed by atoms with van der Waals surface area (Å²) in [6.45, 7) is 3.04. The second kappa shape index (κ2) is 6.11. The van der Waals surface area contributed by atoms with E-state index in [1.807, 2.05) is 12.1 Å². The summed E-state index contributed by atoms with van der Waals surface area (Å²) < 4.78 is 0. The van der Waals surface area contributed by atoms with Crippen molar-refractivity contribution in [2.24, 2.45) is 0 Å². The van der Waals surface area contributed by atoms with E-state index in [-0.39, 0.29) is 0 Å². The van der Waals surface area contributed by atoms with Crippen molar-refractivity contribution >= 4 is 0 Å². The molecule has 0 fully saturated rings. The average molecular weight is 227 g/mol. The summed E-state index contributed by atoms with van der Waals surface area (Å²) in [6, 6.07) is 12.6. The molecule has 0 amide bonds. The zero-order valence-electron chi connectivity index (χ0n) is 10.0. The van der Waals surface area contributed by atoms with Gasteiger partial charge in [0.1, 0.15) is 5.82 Å². The summed E-state index contributed by atoms with van der Waals surface area (Å²) in [5.41, 5.74) is 1.30. The number of rotatable bonds is 5. The average Bonchev–Trinajstić information content (AvgIpc) is 2.39. The van der Waals surface area contributed by atoms with E-state index in [4.69, 9.17) is 0 Å². The number of aromatic nitrogens is 2. The van der Waals surface area contributed by atoms with Crippen LogP contribution in [-0.2, 0) is 13.0 Å². The Labute approximate surface area is 102 Å². The lowest BCUT2D eigenvalue weighted by Gasteiger charge is -2.12. The third-order valence-corrected chi connectivity index (χ3v) is 2.61. The minimum absolute atomic E-state index is 0.373. The molecule has 0 aliphatic rings. The van der Waals surface area contributed by atoms with Crippen molar-refractivity contribution in [3.63, 3.8) is 0 Å². The Kier molecular flexibility index (Phi) is 4.22. The van der Waals surface area contributed by atoms with Gasteiger partial charge in [-0.2, -0.15) is 0 Å². The molecule has 0 saturated heterocycles. The van der Waals surface area contributed by atoms with Crippen LogP contribution in [0, 0.1) is 0 Å². The van der Waals surface area contributed by atoms with Crippen LogP contribution in [0.15, 0.2) is 48.8 Å². The Morgan fingerprint density at radius 1 is 1.06 bits per heavy atom. The third kappa shape index (κ3) is 3.96. The number of hydrogen-bond acceptors (Lipinski definition) is 3. The van der Waals surface area contributed by atoms with Gasteiger partial charge < -0.3 is 5.32 Å². The standard InChI is InChI=1S/C14H17N3/c1-12(10-14-15-8-5-9-16-14)17-11-13-6-3-2-4-7-13/h2-9,12,17H,10-11H2,1H3. The van der Waals surface area contributed by atoms with Gasteiger partial charge in [-0.25, -0.2) is 9.97 Å². The molecule has 3 heteroatoms. The van der Waals surface area contributed by atoms with Crippen LogP contribution in [-0.4, -0.2) is 16.0 Å². The number of nitrogens with one attached hydrogen (secondary N) is 1. The van der Waals surface area contributed by atoms with E-state index in [9.17, 15) is 0 Å². The Morgan fingerprint density at radius 2 is 1.76 bits per heavy atom. The molecular formula is C14H17N3. The maximum Gasteiger partial charge on any atom is 0.129 e. The molecule has 1 atom stereocenters. The van der Waals surface area contributed by atoms with E-state index < -0.39 is 0 Å². The van der Waals surface area contributed by atoms with E-state index >= 15 is 0 Å². The fourth-order valence-corrected chi connectivity index (χ4v) is 1.67. The summed E-state index contributed by atoms with van der Waals surface area (Å²) in [5.74, 6) is 0.889. The van der Waals surface area contributed by atoms with Crippen molar-refractivity contribution in [1.29, 1.82) is 0 Å². The van der Waals surface area contributed by atoms with Crippen molar-refractivity contribution < 1.29 is 0 Å².